The van der Waals surface area contributed by atoms with Gasteiger partial charge in [0.2, 0.25) is 0 Å². The summed E-state index contributed by atoms with van der Waals surface area (Å²) in [6.45, 7) is 2.37. The molecule has 1 aliphatic heterocycles. The predicted molar refractivity (Wildman–Crippen MR) is 60.0 cm³/mol. The van der Waals surface area contributed by atoms with Gasteiger partial charge in [-0.25, -0.2) is 0 Å². The molecule has 2 fully saturated rings. The van der Waals surface area contributed by atoms with E-state index in [-0.39, 0.29) is 0 Å². The topological polar surface area (TPSA) is 26.0 Å². The van der Waals surface area contributed by atoms with Crippen molar-refractivity contribution in [3.05, 3.63) is 0 Å². The Balaban J connectivity index is 1.83. The number of nitrogens with two attached hydrogens (primary N) is 1. The van der Waals surface area contributed by atoms with E-state index >= 15 is 0 Å². The van der Waals surface area contributed by atoms with Crippen molar-refractivity contribution in [1.82, 2.24) is 0 Å². The Kier molecular flexibility index (Phi) is 2.89. The van der Waals surface area contributed by atoms with E-state index in [1.54, 1.807) is 0 Å². The summed E-state index contributed by atoms with van der Waals surface area (Å²) in [6.07, 6.45) is 8.32. The van der Waals surface area contributed by atoms with Gasteiger partial charge in [-0.3, -0.25) is 0 Å². The lowest BCUT2D eigenvalue weighted by Crippen LogP contribution is -2.43. The molecule has 1 saturated heterocycles. The minimum absolute atomic E-state index is 0.412. The number of thioether (sulfide) groups is 1. The van der Waals surface area contributed by atoms with E-state index in [0.29, 0.717) is 10.8 Å². The average molecular weight is 199 g/mol. The van der Waals surface area contributed by atoms with Crippen molar-refractivity contribution < 1.29 is 0 Å². The standard InChI is InChI=1S/C11H21NS/c1-11(6-3-7-13-11)10(12)8-9-4-2-5-9/h9-10H,2-8,12H2,1H3. The second-order valence-electron chi connectivity index (χ2n) is 4.90. The van der Waals surface area contributed by atoms with Gasteiger partial charge in [-0.05, 0) is 37.9 Å². The fourth-order valence-corrected chi connectivity index (χ4v) is 3.78. The van der Waals surface area contributed by atoms with Crippen LogP contribution in [0.4, 0.5) is 0 Å². The van der Waals surface area contributed by atoms with Crippen LogP contribution in [0.2, 0.25) is 0 Å². The molecule has 0 spiro atoms. The van der Waals surface area contributed by atoms with E-state index in [2.05, 4.69) is 18.7 Å². The van der Waals surface area contributed by atoms with E-state index in [9.17, 15) is 0 Å². The van der Waals surface area contributed by atoms with Gasteiger partial charge in [-0.15, -0.1) is 0 Å². The minimum Gasteiger partial charge on any atom is -0.326 e. The Hall–Kier alpha value is 0.310. The molecule has 0 aromatic rings. The summed E-state index contributed by atoms with van der Waals surface area (Å²) in [6, 6.07) is 0.449. The van der Waals surface area contributed by atoms with Crippen molar-refractivity contribution in [3.63, 3.8) is 0 Å². The molecule has 1 heterocycles. The Morgan fingerprint density at radius 3 is 2.69 bits per heavy atom. The van der Waals surface area contributed by atoms with Gasteiger partial charge in [0.25, 0.3) is 0 Å². The summed E-state index contributed by atoms with van der Waals surface area (Å²) < 4.78 is 0.412. The SMILES string of the molecule is CC1(C(N)CC2CCC2)CCCS1. The fourth-order valence-electron chi connectivity index (χ4n) is 2.43. The maximum atomic E-state index is 6.30. The summed E-state index contributed by atoms with van der Waals surface area (Å²) in [5.74, 6) is 2.29. The zero-order valence-electron chi connectivity index (χ0n) is 8.59. The first-order valence-corrected chi connectivity index (χ1v) is 6.59. The Morgan fingerprint density at radius 1 is 1.46 bits per heavy atom. The van der Waals surface area contributed by atoms with Crippen molar-refractivity contribution in [3.8, 4) is 0 Å². The van der Waals surface area contributed by atoms with Gasteiger partial charge >= 0.3 is 0 Å². The third-order valence-corrected chi connectivity index (χ3v) is 5.50. The molecule has 0 amide bonds. The second-order valence-corrected chi connectivity index (χ2v) is 6.53. The highest BCUT2D eigenvalue weighted by atomic mass is 32.2. The molecule has 0 aromatic heterocycles. The maximum absolute atomic E-state index is 6.30. The largest absolute Gasteiger partial charge is 0.326 e. The van der Waals surface area contributed by atoms with Gasteiger partial charge in [0.1, 0.15) is 0 Å². The molecule has 0 aromatic carbocycles. The van der Waals surface area contributed by atoms with E-state index in [1.165, 1.54) is 44.3 Å². The molecule has 2 rings (SSSR count). The van der Waals surface area contributed by atoms with Crippen LogP contribution in [0.5, 0.6) is 0 Å². The second kappa shape index (κ2) is 3.82. The first-order valence-electron chi connectivity index (χ1n) is 5.60. The molecule has 2 atom stereocenters. The molecular weight excluding hydrogens is 178 g/mol. The van der Waals surface area contributed by atoms with Crippen LogP contribution in [0, 0.1) is 5.92 Å². The number of hydrogen-bond donors (Lipinski definition) is 1. The first kappa shape index (κ1) is 9.85. The minimum atomic E-state index is 0.412. The smallest absolute Gasteiger partial charge is 0.0283 e. The van der Waals surface area contributed by atoms with Gasteiger partial charge in [0.15, 0.2) is 0 Å². The summed E-state index contributed by atoms with van der Waals surface area (Å²) in [7, 11) is 0. The Bertz CT molecular complexity index is 171. The molecule has 2 N–H and O–H groups in total. The normalized spacial score (nSPS) is 37.4. The molecule has 0 radical (unpaired) electrons. The summed E-state index contributed by atoms with van der Waals surface area (Å²) in [5, 5.41) is 0. The first-order chi connectivity index (χ1) is 6.21. The Morgan fingerprint density at radius 2 is 2.23 bits per heavy atom. The van der Waals surface area contributed by atoms with Crippen LogP contribution in [-0.2, 0) is 0 Å². The quantitative estimate of drug-likeness (QED) is 0.756. The van der Waals surface area contributed by atoms with Crippen molar-refractivity contribution in [2.24, 2.45) is 11.7 Å². The van der Waals surface area contributed by atoms with Gasteiger partial charge in [-0.1, -0.05) is 19.3 Å². The third kappa shape index (κ3) is 2.04. The summed E-state index contributed by atoms with van der Waals surface area (Å²) in [5.41, 5.74) is 6.30. The molecule has 13 heavy (non-hydrogen) atoms. The highest BCUT2D eigenvalue weighted by Gasteiger charge is 2.37. The van der Waals surface area contributed by atoms with Crippen LogP contribution in [-0.4, -0.2) is 16.5 Å². The van der Waals surface area contributed by atoms with Crippen LogP contribution in [0.25, 0.3) is 0 Å². The molecule has 0 bridgehead atoms. The lowest BCUT2D eigenvalue weighted by atomic mass is 9.78. The number of rotatable bonds is 3. The van der Waals surface area contributed by atoms with Crippen molar-refractivity contribution >= 4 is 11.8 Å². The zero-order chi connectivity index (χ0) is 9.31. The number of hydrogen-bond acceptors (Lipinski definition) is 2. The van der Waals surface area contributed by atoms with Gasteiger partial charge in [-0.2, -0.15) is 11.8 Å². The molecule has 2 heteroatoms. The molecule has 1 nitrogen and oxygen atoms in total. The van der Waals surface area contributed by atoms with Crippen molar-refractivity contribution in [2.45, 2.75) is 56.2 Å². The lowest BCUT2D eigenvalue weighted by Gasteiger charge is -2.35. The van der Waals surface area contributed by atoms with Crippen molar-refractivity contribution in [1.29, 1.82) is 0 Å². The van der Waals surface area contributed by atoms with Crippen molar-refractivity contribution in [2.75, 3.05) is 5.75 Å². The van der Waals surface area contributed by atoms with E-state index < -0.39 is 0 Å². The van der Waals surface area contributed by atoms with E-state index in [0.717, 1.165) is 5.92 Å². The molecule has 2 unspecified atom stereocenters. The van der Waals surface area contributed by atoms with Gasteiger partial charge in [0.05, 0.1) is 0 Å². The molecule has 76 valence electrons. The molecular formula is C11H21NS. The maximum Gasteiger partial charge on any atom is 0.0283 e. The third-order valence-electron chi connectivity index (χ3n) is 3.85. The predicted octanol–water partition coefficient (Wildman–Crippen LogP) is 2.79. The van der Waals surface area contributed by atoms with Crippen LogP contribution in [0.15, 0.2) is 0 Å². The van der Waals surface area contributed by atoms with Crippen LogP contribution < -0.4 is 5.73 Å². The summed E-state index contributed by atoms with van der Waals surface area (Å²) >= 11 is 2.10. The highest BCUT2D eigenvalue weighted by molar-refractivity contribution is 8.00. The van der Waals surface area contributed by atoms with Crippen LogP contribution in [0.1, 0.15) is 45.4 Å². The summed E-state index contributed by atoms with van der Waals surface area (Å²) in [4.78, 5) is 0. The highest BCUT2D eigenvalue weighted by Crippen LogP contribution is 2.43. The zero-order valence-corrected chi connectivity index (χ0v) is 9.41. The lowest BCUT2D eigenvalue weighted by molar-refractivity contribution is 0.258. The molecule has 1 saturated carbocycles. The molecule has 2 aliphatic rings. The Labute approximate surface area is 85.8 Å². The average Bonchev–Trinajstić information content (AvgIpc) is 2.45. The molecule has 1 aliphatic carbocycles. The van der Waals surface area contributed by atoms with Crippen LogP contribution >= 0.6 is 11.8 Å². The van der Waals surface area contributed by atoms with E-state index in [1.807, 2.05) is 0 Å². The van der Waals surface area contributed by atoms with Gasteiger partial charge in [0, 0.05) is 10.8 Å². The monoisotopic (exact) mass is 199 g/mol. The van der Waals surface area contributed by atoms with Gasteiger partial charge < -0.3 is 5.73 Å². The fraction of sp³-hybridized carbons (Fsp3) is 1.00. The van der Waals surface area contributed by atoms with Crippen LogP contribution in [0.3, 0.4) is 0 Å². The van der Waals surface area contributed by atoms with E-state index in [4.69, 9.17) is 5.73 Å².